The first-order valence-corrected chi connectivity index (χ1v) is 6.67. The topological polar surface area (TPSA) is 70.1 Å². The van der Waals surface area contributed by atoms with Gasteiger partial charge >= 0.3 is 5.97 Å². The molecule has 0 aromatic carbocycles. The molecule has 0 aliphatic rings. The molecule has 1 atom stereocenters. The largest absolute Gasteiger partial charge is 0.468 e. The molecule has 0 saturated carbocycles. The number of aryl methyl sites for hydroxylation is 2. The molecule has 0 saturated heterocycles. The summed E-state index contributed by atoms with van der Waals surface area (Å²) in [5.74, 6) is 1.55. The number of ether oxygens (including phenoxy) is 1. The molecule has 2 N–H and O–H groups in total. The quantitative estimate of drug-likeness (QED) is 0.572. The third-order valence-electron chi connectivity index (χ3n) is 2.37. The molecule has 96 valence electrons. The standard InChI is InChI=1S/C11H19N3O2S/c1-14-8-9(7-13-14)3-5-17-6-4-10(12)11(15)16-2/h7-8,10H,3-6,12H2,1-2H3. The van der Waals surface area contributed by atoms with E-state index in [2.05, 4.69) is 9.84 Å². The molecule has 1 aromatic heterocycles. The fraction of sp³-hybridized carbons (Fsp3) is 0.636. The van der Waals surface area contributed by atoms with Gasteiger partial charge < -0.3 is 10.5 Å². The van der Waals surface area contributed by atoms with Crippen LogP contribution in [0.15, 0.2) is 12.4 Å². The summed E-state index contributed by atoms with van der Waals surface area (Å²) in [7, 11) is 3.27. The molecule has 6 heteroatoms. The SMILES string of the molecule is COC(=O)C(N)CCSCCc1cnn(C)c1. The van der Waals surface area contributed by atoms with E-state index in [1.807, 2.05) is 19.4 Å². The Morgan fingerprint density at radius 2 is 2.41 bits per heavy atom. The van der Waals surface area contributed by atoms with Gasteiger partial charge in [0.25, 0.3) is 0 Å². The zero-order valence-electron chi connectivity index (χ0n) is 10.3. The van der Waals surface area contributed by atoms with Crippen LogP contribution < -0.4 is 5.73 Å². The maximum atomic E-state index is 11.0. The fourth-order valence-corrected chi connectivity index (χ4v) is 2.38. The molecule has 5 nitrogen and oxygen atoms in total. The van der Waals surface area contributed by atoms with Gasteiger partial charge in [0.1, 0.15) is 6.04 Å². The van der Waals surface area contributed by atoms with Gasteiger partial charge in [-0.25, -0.2) is 0 Å². The Bertz CT molecular complexity index is 354. The van der Waals surface area contributed by atoms with Crippen molar-refractivity contribution in [3.8, 4) is 0 Å². The number of esters is 1. The van der Waals surface area contributed by atoms with E-state index in [-0.39, 0.29) is 5.97 Å². The molecule has 0 aliphatic heterocycles. The molecule has 0 amide bonds. The highest BCUT2D eigenvalue weighted by Gasteiger charge is 2.12. The third-order valence-corrected chi connectivity index (χ3v) is 3.39. The molecule has 17 heavy (non-hydrogen) atoms. The molecule has 0 fully saturated rings. The Kier molecular flexibility index (Phi) is 6.07. The van der Waals surface area contributed by atoms with Gasteiger partial charge in [0.05, 0.1) is 13.3 Å². The number of aromatic nitrogens is 2. The maximum absolute atomic E-state index is 11.0. The van der Waals surface area contributed by atoms with Gasteiger partial charge in [-0.15, -0.1) is 0 Å². The summed E-state index contributed by atoms with van der Waals surface area (Å²) in [4.78, 5) is 11.0. The third kappa shape index (κ3) is 5.23. The van der Waals surface area contributed by atoms with Crippen molar-refractivity contribution in [2.45, 2.75) is 18.9 Å². The van der Waals surface area contributed by atoms with Crippen molar-refractivity contribution in [3.05, 3.63) is 18.0 Å². The van der Waals surface area contributed by atoms with Gasteiger partial charge in [0.2, 0.25) is 0 Å². The number of thioether (sulfide) groups is 1. The van der Waals surface area contributed by atoms with E-state index in [1.165, 1.54) is 12.7 Å². The number of rotatable bonds is 7. The lowest BCUT2D eigenvalue weighted by molar-refractivity contribution is -0.142. The van der Waals surface area contributed by atoms with E-state index < -0.39 is 6.04 Å². The number of hydrogen-bond donors (Lipinski definition) is 1. The summed E-state index contributed by atoms with van der Waals surface area (Å²) in [6.45, 7) is 0. The van der Waals surface area contributed by atoms with Gasteiger partial charge in [0, 0.05) is 13.2 Å². The van der Waals surface area contributed by atoms with Crippen molar-refractivity contribution in [2.75, 3.05) is 18.6 Å². The summed E-state index contributed by atoms with van der Waals surface area (Å²) in [6.07, 6.45) is 5.54. The lowest BCUT2D eigenvalue weighted by Crippen LogP contribution is -2.32. The number of nitrogens with zero attached hydrogens (tertiary/aromatic N) is 2. The minimum atomic E-state index is -0.495. The van der Waals surface area contributed by atoms with Gasteiger partial charge in [-0.2, -0.15) is 16.9 Å². The molecule has 1 unspecified atom stereocenters. The molecular weight excluding hydrogens is 238 g/mol. The van der Waals surface area contributed by atoms with Crippen molar-refractivity contribution in [2.24, 2.45) is 12.8 Å². The van der Waals surface area contributed by atoms with E-state index in [0.29, 0.717) is 6.42 Å². The Hall–Kier alpha value is -1.01. The lowest BCUT2D eigenvalue weighted by atomic mass is 10.2. The van der Waals surface area contributed by atoms with Crippen LogP contribution in [0.3, 0.4) is 0 Å². The van der Waals surface area contributed by atoms with Crippen LogP contribution in [0.5, 0.6) is 0 Å². The summed E-state index contributed by atoms with van der Waals surface area (Å²) in [6, 6.07) is -0.495. The van der Waals surface area contributed by atoms with Crippen molar-refractivity contribution in [3.63, 3.8) is 0 Å². The molecule has 0 aliphatic carbocycles. The number of nitrogens with two attached hydrogens (primary N) is 1. The highest BCUT2D eigenvalue weighted by atomic mass is 32.2. The Balaban J connectivity index is 2.07. The Morgan fingerprint density at radius 1 is 1.65 bits per heavy atom. The number of carbonyl (C=O) groups is 1. The van der Waals surface area contributed by atoms with Crippen LogP contribution in [0.2, 0.25) is 0 Å². The van der Waals surface area contributed by atoms with Crippen LogP contribution in [0.4, 0.5) is 0 Å². The van der Waals surface area contributed by atoms with E-state index in [4.69, 9.17) is 5.73 Å². The Labute approximate surface area is 106 Å². The summed E-state index contributed by atoms with van der Waals surface area (Å²) >= 11 is 1.79. The second-order valence-corrected chi connectivity index (χ2v) is 5.03. The van der Waals surface area contributed by atoms with Gasteiger partial charge in [-0.1, -0.05) is 0 Å². The average Bonchev–Trinajstić information content (AvgIpc) is 2.73. The number of hydrogen-bond acceptors (Lipinski definition) is 5. The molecule has 1 aromatic rings. The molecular formula is C11H19N3O2S. The maximum Gasteiger partial charge on any atom is 0.322 e. The molecule has 1 rings (SSSR count). The normalized spacial score (nSPS) is 12.4. The average molecular weight is 257 g/mol. The lowest BCUT2D eigenvalue weighted by Gasteiger charge is -2.08. The van der Waals surface area contributed by atoms with Crippen LogP contribution in [0.25, 0.3) is 0 Å². The second kappa shape index (κ2) is 7.34. The molecule has 0 spiro atoms. The van der Waals surface area contributed by atoms with Crippen molar-refractivity contribution in [1.29, 1.82) is 0 Å². The monoisotopic (exact) mass is 257 g/mol. The molecule has 0 bridgehead atoms. The van der Waals surface area contributed by atoms with E-state index in [9.17, 15) is 4.79 Å². The zero-order chi connectivity index (χ0) is 12.7. The number of methoxy groups -OCH3 is 1. The van der Waals surface area contributed by atoms with Gasteiger partial charge in [0.15, 0.2) is 0 Å². The highest BCUT2D eigenvalue weighted by molar-refractivity contribution is 7.99. The van der Waals surface area contributed by atoms with Crippen LogP contribution >= 0.6 is 11.8 Å². The summed E-state index contributed by atoms with van der Waals surface area (Å²) < 4.78 is 6.36. The van der Waals surface area contributed by atoms with Crippen LogP contribution in [-0.4, -0.2) is 40.4 Å². The smallest absolute Gasteiger partial charge is 0.322 e. The molecule has 0 radical (unpaired) electrons. The van der Waals surface area contributed by atoms with Crippen molar-refractivity contribution in [1.82, 2.24) is 9.78 Å². The summed E-state index contributed by atoms with van der Waals surface area (Å²) in [5.41, 5.74) is 6.86. The number of carbonyl (C=O) groups excluding carboxylic acids is 1. The minimum Gasteiger partial charge on any atom is -0.468 e. The predicted octanol–water partition coefficient (Wildman–Crippen LogP) is 0.586. The fourth-order valence-electron chi connectivity index (χ4n) is 1.37. The van der Waals surface area contributed by atoms with Crippen molar-refractivity contribution >= 4 is 17.7 Å². The summed E-state index contributed by atoms with van der Waals surface area (Å²) in [5, 5.41) is 4.10. The first-order valence-electron chi connectivity index (χ1n) is 5.52. The van der Waals surface area contributed by atoms with E-state index in [1.54, 1.807) is 16.4 Å². The first kappa shape index (κ1) is 14.1. The minimum absolute atomic E-state index is 0.335. The predicted molar refractivity (Wildman–Crippen MR) is 68.8 cm³/mol. The first-order chi connectivity index (χ1) is 8.13. The van der Waals surface area contributed by atoms with Gasteiger partial charge in [-0.05, 0) is 29.9 Å². The van der Waals surface area contributed by atoms with Crippen LogP contribution in [-0.2, 0) is 23.0 Å². The molecule has 1 heterocycles. The second-order valence-electron chi connectivity index (χ2n) is 3.80. The van der Waals surface area contributed by atoms with Gasteiger partial charge in [-0.3, -0.25) is 9.48 Å². The van der Waals surface area contributed by atoms with E-state index >= 15 is 0 Å². The zero-order valence-corrected chi connectivity index (χ0v) is 11.1. The highest BCUT2D eigenvalue weighted by Crippen LogP contribution is 2.08. The van der Waals surface area contributed by atoms with E-state index in [0.717, 1.165) is 17.9 Å². The van der Waals surface area contributed by atoms with Crippen molar-refractivity contribution < 1.29 is 9.53 Å². The Morgan fingerprint density at radius 3 is 3.00 bits per heavy atom. The van der Waals surface area contributed by atoms with Crippen LogP contribution in [0.1, 0.15) is 12.0 Å². The van der Waals surface area contributed by atoms with Crippen LogP contribution in [0, 0.1) is 0 Å².